The first-order valence-electron chi connectivity index (χ1n) is 4.47. The Kier molecular flexibility index (Phi) is 2.91. The van der Waals surface area contributed by atoms with Gasteiger partial charge in [-0.25, -0.2) is 0 Å². The van der Waals surface area contributed by atoms with Crippen molar-refractivity contribution in [1.29, 1.82) is 0 Å². The molecule has 3 heteroatoms. The van der Waals surface area contributed by atoms with Crippen LogP contribution >= 0.6 is 11.8 Å². The molecule has 0 unspecified atom stereocenters. The number of hydrogen-bond acceptors (Lipinski definition) is 1. The van der Waals surface area contributed by atoms with Gasteiger partial charge in [0.2, 0.25) is 0 Å². The van der Waals surface area contributed by atoms with Gasteiger partial charge in [0.25, 0.3) is 0 Å². The van der Waals surface area contributed by atoms with E-state index in [-0.39, 0.29) is 5.56 Å². The van der Waals surface area contributed by atoms with E-state index in [4.69, 9.17) is 0 Å². The van der Waals surface area contributed by atoms with Crippen molar-refractivity contribution >= 4 is 22.5 Å². The average molecular weight is 223 g/mol. The highest BCUT2D eigenvalue weighted by atomic mass is 32.2. The molecule has 0 atom stereocenters. The van der Waals surface area contributed by atoms with Crippen LogP contribution in [0, 0.1) is 6.43 Å². The number of thioether (sulfide) groups is 1. The average Bonchev–Trinajstić information content (AvgIpc) is 2.27. The van der Waals surface area contributed by atoms with E-state index in [1.807, 2.05) is 24.5 Å². The van der Waals surface area contributed by atoms with Crippen LogP contribution in [0.3, 0.4) is 0 Å². The van der Waals surface area contributed by atoms with Crippen LogP contribution in [0.5, 0.6) is 0 Å². The molecular weight excluding hydrogens is 214 g/mol. The van der Waals surface area contributed by atoms with E-state index in [2.05, 4.69) is 0 Å². The van der Waals surface area contributed by atoms with E-state index < -0.39 is 6.43 Å². The van der Waals surface area contributed by atoms with Crippen LogP contribution in [0.15, 0.2) is 41.3 Å². The predicted octanol–water partition coefficient (Wildman–Crippen LogP) is 4.34. The van der Waals surface area contributed by atoms with Gasteiger partial charge in [-0.1, -0.05) is 24.3 Å². The highest BCUT2D eigenvalue weighted by Gasteiger charge is 2.12. The van der Waals surface area contributed by atoms with Gasteiger partial charge in [0.05, 0.1) is 0 Å². The molecule has 0 amide bonds. The largest absolute Gasteiger partial charge is 0.340 e. The minimum atomic E-state index is -1.63. The lowest BCUT2D eigenvalue weighted by Crippen LogP contribution is -1.87. The van der Waals surface area contributed by atoms with Gasteiger partial charge in [-0.05, 0) is 29.2 Å². The summed E-state index contributed by atoms with van der Waals surface area (Å²) in [5.74, 6) is 0. The number of fused-ring (bicyclic) bond motifs is 1. The highest BCUT2D eigenvalue weighted by molar-refractivity contribution is 7.98. The first kappa shape index (κ1) is 10.4. The zero-order valence-corrected chi connectivity index (χ0v) is 8.94. The standard InChI is InChI=1S/C12H9F2S/c1-15-9-5-6-10-8(7-9)3-2-4-11(10)12(13)14/h2-7H,1H3. The summed E-state index contributed by atoms with van der Waals surface area (Å²) < 4.78 is 25.2. The third-order valence-corrected chi connectivity index (χ3v) is 3.02. The molecule has 0 aliphatic rings. The molecule has 0 fully saturated rings. The Morgan fingerprint density at radius 2 is 1.93 bits per heavy atom. The molecule has 77 valence electrons. The summed E-state index contributed by atoms with van der Waals surface area (Å²) in [4.78, 5) is 1.08. The van der Waals surface area contributed by atoms with Crippen molar-refractivity contribution in [3.63, 3.8) is 0 Å². The van der Waals surface area contributed by atoms with E-state index in [0.717, 1.165) is 10.3 Å². The van der Waals surface area contributed by atoms with Gasteiger partial charge < -0.3 is 0 Å². The van der Waals surface area contributed by atoms with Crippen LogP contribution in [0.2, 0.25) is 0 Å². The molecular formula is C12H9F2S. The third-order valence-electron chi connectivity index (χ3n) is 2.29. The Bertz CT molecular complexity index is 480. The minimum Gasteiger partial charge on any atom is -0.194 e. The fourth-order valence-electron chi connectivity index (χ4n) is 1.55. The molecule has 2 aromatic carbocycles. The molecule has 0 heterocycles. The van der Waals surface area contributed by atoms with E-state index in [1.54, 1.807) is 23.9 Å². The molecule has 2 rings (SSSR count). The number of benzene rings is 2. The van der Waals surface area contributed by atoms with Crippen LogP contribution in [-0.4, -0.2) is 6.26 Å². The molecule has 15 heavy (non-hydrogen) atoms. The van der Waals surface area contributed by atoms with Crippen molar-refractivity contribution in [2.75, 3.05) is 6.26 Å². The first-order chi connectivity index (χ1) is 7.22. The van der Waals surface area contributed by atoms with Crippen molar-refractivity contribution in [2.24, 2.45) is 0 Å². The van der Waals surface area contributed by atoms with Gasteiger partial charge in [0.15, 0.2) is 0 Å². The Morgan fingerprint density at radius 3 is 2.60 bits per heavy atom. The fraction of sp³-hybridized carbons (Fsp3) is 0.0833. The molecule has 0 aromatic heterocycles. The smallest absolute Gasteiger partial charge is 0.194 e. The molecule has 0 aliphatic heterocycles. The van der Waals surface area contributed by atoms with Gasteiger partial charge in [-0.3, -0.25) is 0 Å². The SMILES string of the molecule is CSc1ccc2c([C](F)F)cccc2c1. The summed E-state index contributed by atoms with van der Waals surface area (Å²) in [7, 11) is 0. The number of rotatable bonds is 2. The van der Waals surface area contributed by atoms with Crippen LogP contribution in [0.4, 0.5) is 8.78 Å². The molecule has 0 bridgehead atoms. The van der Waals surface area contributed by atoms with Crippen molar-refractivity contribution in [2.45, 2.75) is 4.90 Å². The van der Waals surface area contributed by atoms with Crippen LogP contribution in [0.1, 0.15) is 5.56 Å². The zero-order valence-electron chi connectivity index (χ0n) is 8.13. The summed E-state index contributed by atoms with van der Waals surface area (Å²) in [6.07, 6.45) is 0.338. The van der Waals surface area contributed by atoms with Gasteiger partial charge in [-0.2, -0.15) is 8.78 Å². The van der Waals surface area contributed by atoms with E-state index in [1.165, 1.54) is 6.07 Å². The molecule has 1 radical (unpaired) electrons. The van der Waals surface area contributed by atoms with Crippen molar-refractivity contribution in [3.05, 3.63) is 48.4 Å². The molecule has 0 spiro atoms. The Morgan fingerprint density at radius 1 is 1.13 bits per heavy atom. The molecule has 0 N–H and O–H groups in total. The van der Waals surface area contributed by atoms with Crippen LogP contribution < -0.4 is 0 Å². The third kappa shape index (κ3) is 1.97. The summed E-state index contributed by atoms with van der Waals surface area (Å²) in [6, 6.07) is 10.5. The van der Waals surface area contributed by atoms with E-state index in [0.29, 0.717) is 5.39 Å². The molecule has 0 saturated carbocycles. The monoisotopic (exact) mass is 223 g/mol. The van der Waals surface area contributed by atoms with Crippen molar-refractivity contribution in [3.8, 4) is 0 Å². The summed E-state index contributed by atoms with van der Waals surface area (Å²) >= 11 is 1.60. The summed E-state index contributed by atoms with van der Waals surface area (Å²) in [5, 5.41) is 1.46. The van der Waals surface area contributed by atoms with Gasteiger partial charge in [-0.15, -0.1) is 11.8 Å². The normalized spacial score (nSPS) is 11.2. The maximum atomic E-state index is 12.6. The summed E-state index contributed by atoms with van der Waals surface area (Å²) in [5.41, 5.74) is 0.0279. The quantitative estimate of drug-likeness (QED) is 0.682. The Balaban J connectivity index is 2.67. The fourth-order valence-corrected chi connectivity index (χ4v) is 2.00. The van der Waals surface area contributed by atoms with Crippen molar-refractivity contribution in [1.82, 2.24) is 0 Å². The maximum absolute atomic E-state index is 12.6. The van der Waals surface area contributed by atoms with Gasteiger partial charge >= 0.3 is 6.43 Å². The minimum absolute atomic E-state index is 0.0279. The lowest BCUT2D eigenvalue weighted by Gasteiger charge is -2.05. The summed E-state index contributed by atoms with van der Waals surface area (Å²) in [6.45, 7) is 0. The molecule has 0 nitrogen and oxygen atoms in total. The second-order valence-corrected chi connectivity index (χ2v) is 4.03. The second-order valence-electron chi connectivity index (χ2n) is 3.15. The van der Waals surface area contributed by atoms with Crippen molar-refractivity contribution < 1.29 is 8.78 Å². The topological polar surface area (TPSA) is 0 Å². The Labute approximate surface area is 91.3 Å². The number of halogens is 2. The predicted molar refractivity (Wildman–Crippen MR) is 60.3 cm³/mol. The lowest BCUT2D eigenvalue weighted by atomic mass is 10.1. The van der Waals surface area contributed by atoms with Crippen LogP contribution in [0.25, 0.3) is 10.8 Å². The lowest BCUT2D eigenvalue weighted by molar-refractivity contribution is 0.326. The van der Waals surface area contributed by atoms with E-state index >= 15 is 0 Å². The van der Waals surface area contributed by atoms with Gasteiger partial charge in [0.1, 0.15) is 0 Å². The van der Waals surface area contributed by atoms with Crippen LogP contribution in [-0.2, 0) is 0 Å². The molecule has 0 saturated heterocycles. The Hall–Kier alpha value is -1.09. The van der Waals surface area contributed by atoms with E-state index in [9.17, 15) is 8.78 Å². The first-order valence-corrected chi connectivity index (χ1v) is 5.70. The zero-order chi connectivity index (χ0) is 10.8. The maximum Gasteiger partial charge on any atom is 0.340 e. The molecule has 0 aliphatic carbocycles. The number of hydrogen-bond donors (Lipinski definition) is 0. The second kappa shape index (κ2) is 4.19. The molecule has 2 aromatic rings. The van der Waals surface area contributed by atoms with Gasteiger partial charge in [0, 0.05) is 10.5 Å². The highest BCUT2D eigenvalue weighted by Crippen LogP contribution is 2.29.